The number of allylic oxidation sites excluding steroid dienone is 2. The molecular weight excluding hydrogens is 363 g/mol. The Morgan fingerprint density at radius 2 is 1.64 bits per heavy atom. The Kier molecular flexibility index (Phi) is 4.65. The van der Waals surface area contributed by atoms with Gasteiger partial charge < -0.3 is 14.0 Å². The maximum absolute atomic E-state index is 14.0. The van der Waals surface area contributed by atoms with E-state index in [-0.39, 0.29) is 17.3 Å². The first-order chi connectivity index (χ1) is 11.9. The van der Waals surface area contributed by atoms with Gasteiger partial charge in [0.15, 0.2) is 0 Å². The number of methoxy groups -OCH3 is 2. The summed E-state index contributed by atoms with van der Waals surface area (Å²) in [5, 5.41) is 1.12. The van der Waals surface area contributed by atoms with Crippen LogP contribution in [-0.4, -0.2) is 38.0 Å². The molecule has 4 rings (SSSR count). The van der Waals surface area contributed by atoms with Gasteiger partial charge in [0.2, 0.25) is 0 Å². The van der Waals surface area contributed by atoms with Crippen LogP contribution in [0.15, 0.2) is 52.1 Å². The number of benzene rings is 1. The quantitative estimate of drug-likeness (QED) is 0.595. The first-order valence-electron chi connectivity index (χ1n) is 7.78. The summed E-state index contributed by atoms with van der Waals surface area (Å²) in [5.41, 5.74) is 0.157. The molecule has 0 spiro atoms. The standard InChI is InChI=1S/C18H18ClO5P/c1-10-15(19)12-9-25(22,11-7-5-4-6-8-11)16(10)14(18(21)24-3)13(12)17(20)23-2/h4-8,12,16H,9H2,1-3H3. The van der Waals surface area contributed by atoms with Crippen molar-refractivity contribution in [2.24, 2.45) is 5.92 Å². The minimum absolute atomic E-state index is 0.111. The van der Waals surface area contributed by atoms with Gasteiger partial charge in [0.05, 0.1) is 31.0 Å². The van der Waals surface area contributed by atoms with Crippen molar-refractivity contribution in [3.05, 3.63) is 52.1 Å². The molecule has 7 heteroatoms. The molecule has 5 nitrogen and oxygen atoms in total. The van der Waals surface area contributed by atoms with E-state index in [1.54, 1.807) is 31.2 Å². The molecule has 2 heterocycles. The summed E-state index contributed by atoms with van der Waals surface area (Å²) in [7, 11) is -0.559. The van der Waals surface area contributed by atoms with E-state index in [0.717, 1.165) is 0 Å². The Bertz CT molecular complexity index is 855. The molecule has 0 N–H and O–H groups in total. The van der Waals surface area contributed by atoms with E-state index in [0.29, 0.717) is 15.9 Å². The highest BCUT2D eigenvalue weighted by atomic mass is 35.5. The lowest BCUT2D eigenvalue weighted by Gasteiger charge is -2.44. The van der Waals surface area contributed by atoms with Crippen molar-refractivity contribution in [3.8, 4) is 0 Å². The molecule has 1 aromatic rings. The summed E-state index contributed by atoms with van der Waals surface area (Å²) in [6.45, 7) is 1.76. The normalized spacial score (nSPS) is 28.2. The van der Waals surface area contributed by atoms with Gasteiger partial charge in [0.25, 0.3) is 0 Å². The number of hydrogen-bond donors (Lipinski definition) is 0. The monoisotopic (exact) mass is 380 g/mol. The van der Waals surface area contributed by atoms with Gasteiger partial charge >= 0.3 is 11.9 Å². The average Bonchev–Trinajstić information content (AvgIpc) is 2.64. The Morgan fingerprint density at radius 3 is 2.20 bits per heavy atom. The molecule has 0 fully saturated rings. The highest BCUT2D eigenvalue weighted by molar-refractivity contribution is 7.73. The van der Waals surface area contributed by atoms with Gasteiger partial charge in [-0.25, -0.2) is 9.59 Å². The third-order valence-corrected chi connectivity index (χ3v) is 9.00. The van der Waals surface area contributed by atoms with E-state index in [1.807, 2.05) is 6.07 Å². The van der Waals surface area contributed by atoms with Crippen LogP contribution in [0.2, 0.25) is 0 Å². The number of fused-ring (bicyclic) bond motifs is 1. The number of esters is 2. The predicted molar refractivity (Wildman–Crippen MR) is 95.4 cm³/mol. The van der Waals surface area contributed by atoms with Gasteiger partial charge in [0.1, 0.15) is 7.14 Å². The zero-order chi connectivity index (χ0) is 18.4. The topological polar surface area (TPSA) is 69.7 Å². The van der Waals surface area contributed by atoms with Gasteiger partial charge in [-0.15, -0.1) is 0 Å². The predicted octanol–water partition coefficient (Wildman–Crippen LogP) is 2.84. The molecular formula is C18H18ClO5P. The minimum Gasteiger partial charge on any atom is -0.466 e. The van der Waals surface area contributed by atoms with E-state index < -0.39 is 30.7 Å². The summed E-state index contributed by atoms with van der Waals surface area (Å²) in [4.78, 5) is 24.8. The molecule has 2 aliphatic heterocycles. The summed E-state index contributed by atoms with van der Waals surface area (Å²) < 4.78 is 23.7. The molecule has 0 aromatic heterocycles. The lowest BCUT2D eigenvalue weighted by atomic mass is 9.83. The third kappa shape index (κ3) is 2.57. The zero-order valence-electron chi connectivity index (χ0n) is 14.1. The van der Waals surface area contributed by atoms with E-state index in [4.69, 9.17) is 21.1 Å². The van der Waals surface area contributed by atoms with Crippen LogP contribution >= 0.6 is 18.7 Å². The number of halogens is 1. The number of carbonyl (C=O) groups is 2. The molecule has 3 aliphatic rings. The van der Waals surface area contributed by atoms with Crippen LogP contribution in [0.4, 0.5) is 0 Å². The lowest BCUT2D eigenvalue weighted by Crippen LogP contribution is -2.42. The van der Waals surface area contributed by atoms with Crippen LogP contribution in [-0.2, 0) is 23.6 Å². The highest BCUT2D eigenvalue weighted by Gasteiger charge is 2.55. The number of ether oxygens (including phenoxy) is 2. The van der Waals surface area contributed by atoms with Crippen molar-refractivity contribution in [2.45, 2.75) is 12.6 Å². The van der Waals surface area contributed by atoms with E-state index in [9.17, 15) is 14.2 Å². The molecule has 0 radical (unpaired) electrons. The second-order valence-corrected chi connectivity index (χ2v) is 9.51. The maximum atomic E-state index is 14.0. The van der Waals surface area contributed by atoms with Crippen LogP contribution in [0.25, 0.3) is 0 Å². The first kappa shape index (κ1) is 18.0. The molecule has 0 amide bonds. The van der Waals surface area contributed by atoms with Crippen LogP contribution < -0.4 is 5.30 Å². The van der Waals surface area contributed by atoms with Crippen molar-refractivity contribution in [3.63, 3.8) is 0 Å². The highest BCUT2D eigenvalue weighted by Crippen LogP contribution is 2.66. The summed E-state index contributed by atoms with van der Waals surface area (Å²) in [6.07, 6.45) is 0.197. The average molecular weight is 381 g/mol. The molecule has 2 bridgehead atoms. The van der Waals surface area contributed by atoms with Crippen molar-refractivity contribution in [2.75, 3.05) is 20.4 Å². The Labute approximate surface area is 151 Å². The summed E-state index contributed by atoms with van der Waals surface area (Å²) >= 11 is 6.45. The fourth-order valence-electron chi connectivity index (χ4n) is 3.78. The van der Waals surface area contributed by atoms with Crippen LogP contribution in [0.3, 0.4) is 0 Å². The molecule has 3 unspecified atom stereocenters. The first-order valence-corrected chi connectivity index (χ1v) is 10.1. The molecule has 0 saturated heterocycles. The van der Waals surface area contributed by atoms with Crippen molar-refractivity contribution in [1.82, 2.24) is 0 Å². The molecule has 1 aliphatic carbocycles. The summed E-state index contributed by atoms with van der Waals surface area (Å²) in [5.74, 6) is -1.94. The third-order valence-electron chi connectivity index (χ3n) is 4.88. The lowest BCUT2D eigenvalue weighted by molar-refractivity contribution is -0.139. The second kappa shape index (κ2) is 6.47. The SMILES string of the molecule is COC(=O)C1=C(C(=O)OC)C2C(C)=C(Cl)C1CP2(=O)c1ccccc1. The maximum Gasteiger partial charge on any atom is 0.335 e. The minimum atomic E-state index is -3.04. The molecule has 1 aromatic carbocycles. The second-order valence-electron chi connectivity index (χ2n) is 6.11. The van der Waals surface area contributed by atoms with Gasteiger partial charge in [-0.2, -0.15) is 0 Å². The fourth-order valence-corrected chi connectivity index (χ4v) is 7.99. The van der Waals surface area contributed by atoms with Crippen LogP contribution in [0, 0.1) is 5.92 Å². The number of rotatable bonds is 3. The zero-order valence-corrected chi connectivity index (χ0v) is 15.8. The van der Waals surface area contributed by atoms with E-state index in [1.165, 1.54) is 14.2 Å². The smallest absolute Gasteiger partial charge is 0.335 e. The Morgan fingerprint density at radius 1 is 1.08 bits per heavy atom. The van der Waals surface area contributed by atoms with E-state index in [2.05, 4.69) is 0 Å². The Hall–Kier alpha value is -1.84. The Balaban J connectivity index is 2.29. The number of hydrogen-bond acceptors (Lipinski definition) is 5. The van der Waals surface area contributed by atoms with Crippen molar-refractivity contribution < 1.29 is 23.6 Å². The van der Waals surface area contributed by atoms with Crippen molar-refractivity contribution in [1.29, 1.82) is 0 Å². The van der Waals surface area contributed by atoms with Gasteiger partial charge in [-0.1, -0.05) is 41.9 Å². The summed E-state index contributed by atoms with van der Waals surface area (Å²) in [6, 6.07) is 9.02. The van der Waals surface area contributed by atoms with Gasteiger partial charge in [-0.3, -0.25) is 0 Å². The van der Waals surface area contributed by atoms with Crippen LogP contribution in [0.5, 0.6) is 0 Å². The molecule has 0 saturated carbocycles. The molecule has 25 heavy (non-hydrogen) atoms. The van der Waals surface area contributed by atoms with Crippen molar-refractivity contribution >= 4 is 36.0 Å². The molecule has 132 valence electrons. The fraction of sp³-hybridized carbons (Fsp3) is 0.333. The van der Waals surface area contributed by atoms with Crippen LogP contribution in [0.1, 0.15) is 6.92 Å². The van der Waals surface area contributed by atoms with Gasteiger partial charge in [-0.05, 0) is 12.5 Å². The molecule has 3 atom stereocenters. The van der Waals surface area contributed by atoms with E-state index >= 15 is 0 Å². The van der Waals surface area contributed by atoms with Gasteiger partial charge in [0, 0.05) is 22.4 Å². The largest absolute Gasteiger partial charge is 0.466 e. The number of carbonyl (C=O) groups excluding carboxylic acids is 2.